The van der Waals surface area contributed by atoms with Crippen LogP contribution in [0.15, 0.2) is 34.1 Å². The molecule has 2 amide bonds. The van der Waals surface area contributed by atoms with Gasteiger partial charge in [-0.1, -0.05) is 37.1 Å². The van der Waals surface area contributed by atoms with Crippen LogP contribution in [0.25, 0.3) is 0 Å². The van der Waals surface area contributed by atoms with E-state index in [1.807, 2.05) is 6.07 Å². The number of anilines is 1. The highest BCUT2D eigenvalue weighted by molar-refractivity contribution is 7.99. The molecule has 10 heteroatoms. The van der Waals surface area contributed by atoms with E-state index in [1.165, 1.54) is 47.2 Å². The number of hydrogen-bond donors (Lipinski definition) is 2. The average molecular weight is 462 g/mol. The van der Waals surface area contributed by atoms with Crippen LogP contribution in [0, 0.1) is 0 Å². The topological polar surface area (TPSA) is 103 Å². The lowest BCUT2D eigenvalue weighted by Crippen LogP contribution is -2.19. The summed E-state index contributed by atoms with van der Waals surface area (Å²) in [5.74, 6) is 0.416. The van der Waals surface area contributed by atoms with Crippen molar-refractivity contribution in [3.8, 4) is 0 Å². The summed E-state index contributed by atoms with van der Waals surface area (Å²) in [4.78, 5) is 25.2. The molecular weight excluding hydrogens is 438 g/mol. The van der Waals surface area contributed by atoms with E-state index in [-0.39, 0.29) is 11.7 Å². The zero-order chi connectivity index (χ0) is 20.9. The largest absolute Gasteiger partial charge is 0.366 e. The van der Waals surface area contributed by atoms with Gasteiger partial charge in [-0.2, -0.15) is 0 Å². The van der Waals surface area contributed by atoms with Crippen molar-refractivity contribution < 1.29 is 9.59 Å². The van der Waals surface area contributed by atoms with Crippen LogP contribution in [0.4, 0.5) is 5.00 Å². The molecule has 0 unspecified atom stereocenters. The summed E-state index contributed by atoms with van der Waals surface area (Å²) in [6.07, 6.45) is 6.68. The van der Waals surface area contributed by atoms with Crippen molar-refractivity contribution in [2.24, 2.45) is 5.73 Å². The van der Waals surface area contributed by atoms with Gasteiger partial charge < -0.3 is 15.6 Å². The summed E-state index contributed by atoms with van der Waals surface area (Å²) in [5.41, 5.74) is 5.69. The fraction of sp³-hybridized carbons (Fsp3) is 0.400. The minimum atomic E-state index is -0.547. The molecule has 3 aromatic rings. The van der Waals surface area contributed by atoms with E-state index in [4.69, 9.17) is 5.73 Å². The van der Waals surface area contributed by atoms with Crippen LogP contribution in [0.5, 0.6) is 0 Å². The number of carbonyl (C=O) groups excluding carboxylic acids is 2. The SMILES string of the molecule is NC(=O)c1ccsc1NC(=O)CSc1nnc(Cc2cccs2)n1C1CCCCC1. The van der Waals surface area contributed by atoms with E-state index in [2.05, 4.69) is 31.5 Å². The van der Waals surface area contributed by atoms with Gasteiger partial charge in [0.25, 0.3) is 5.91 Å². The summed E-state index contributed by atoms with van der Waals surface area (Å²) < 4.78 is 2.25. The first-order chi connectivity index (χ1) is 14.6. The zero-order valence-corrected chi connectivity index (χ0v) is 18.8. The van der Waals surface area contributed by atoms with Crippen molar-refractivity contribution in [1.29, 1.82) is 0 Å². The Hall–Kier alpha value is -2.17. The predicted octanol–water partition coefficient (Wildman–Crippen LogP) is 4.33. The molecule has 3 N–H and O–H groups in total. The second-order valence-corrected chi connectivity index (χ2v) is 10.1. The molecule has 1 saturated carbocycles. The molecule has 0 bridgehead atoms. The quantitative estimate of drug-likeness (QED) is 0.486. The number of primary amides is 1. The maximum Gasteiger partial charge on any atom is 0.251 e. The molecule has 0 saturated heterocycles. The van der Waals surface area contributed by atoms with Gasteiger partial charge in [-0.15, -0.1) is 32.9 Å². The lowest BCUT2D eigenvalue weighted by Gasteiger charge is -2.25. The molecule has 0 aromatic carbocycles. The Morgan fingerprint density at radius 3 is 2.73 bits per heavy atom. The number of hydrogen-bond acceptors (Lipinski definition) is 7. The number of amides is 2. The fourth-order valence-electron chi connectivity index (χ4n) is 3.69. The van der Waals surface area contributed by atoms with Gasteiger partial charge >= 0.3 is 0 Å². The maximum atomic E-state index is 12.5. The number of nitrogens with two attached hydrogens (primary N) is 1. The molecule has 7 nitrogen and oxygen atoms in total. The minimum Gasteiger partial charge on any atom is -0.366 e. The molecule has 0 radical (unpaired) electrons. The van der Waals surface area contributed by atoms with E-state index in [9.17, 15) is 9.59 Å². The third kappa shape index (κ3) is 4.93. The Balaban J connectivity index is 1.47. The van der Waals surface area contributed by atoms with Gasteiger partial charge in [0.15, 0.2) is 5.16 Å². The smallest absolute Gasteiger partial charge is 0.251 e. The van der Waals surface area contributed by atoms with Crippen LogP contribution >= 0.6 is 34.4 Å². The fourth-order valence-corrected chi connectivity index (χ4v) is 6.03. The molecule has 1 aliphatic carbocycles. The minimum absolute atomic E-state index is 0.192. The van der Waals surface area contributed by atoms with E-state index >= 15 is 0 Å². The van der Waals surface area contributed by atoms with E-state index in [0.29, 0.717) is 16.6 Å². The van der Waals surface area contributed by atoms with Crippen molar-refractivity contribution in [3.63, 3.8) is 0 Å². The average Bonchev–Trinajstić information content (AvgIpc) is 3.49. The molecule has 3 aromatic heterocycles. The normalized spacial score (nSPS) is 14.7. The Labute approximate surface area is 187 Å². The molecule has 4 rings (SSSR count). The summed E-state index contributed by atoms with van der Waals surface area (Å²) in [7, 11) is 0. The zero-order valence-electron chi connectivity index (χ0n) is 16.4. The summed E-state index contributed by atoms with van der Waals surface area (Å²) >= 11 is 4.39. The van der Waals surface area contributed by atoms with Crippen molar-refractivity contribution in [3.05, 3.63) is 45.2 Å². The van der Waals surface area contributed by atoms with E-state index in [1.54, 1.807) is 22.8 Å². The van der Waals surface area contributed by atoms with Crippen LogP contribution in [-0.4, -0.2) is 32.3 Å². The van der Waals surface area contributed by atoms with Crippen LogP contribution < -0.4 is 11.1 Å². The Morgan fingerprint density at radius 2 is 2.00 bits per heavy atom. The van der Waals surface area contributed by atoms with Crippen LogP contribution in [0.2, 0.25) is 0 Å². The molecule has 1 fully saturated rings. The second-order valence-electron chi connectivity index (χ2n) is 7.18. The lowest BCUT2D eigenvalue weighted by molar-refractivity contribution is -0.113. The molecule has 1 aliphatic rings. The van der Waals surface area contributed by atoms with Crippen molar-refractivity contribution in [2.45, 2.75) is 49.7 Å². The highest BCUT2D eigenvalue weighted by Crippen LogP contribution is 2.33. The van der Waals surface area contributed by atoms with Gasteiger partial charge in [-0.3, -0.25) is 9.59 Å². The Bertz CT molecular complexity index is 1010. The van der Waals surface area contributed by atoms with Crippen LogP contribution in [-0.2, 0) is 11.2 Å². The molecule has 3 heterocycles. The van der Waals surface area contributed by atoms with Gasteiger partial charge in [0.1, 0.15) is 10.8 Å². The Morgan fingerprint density at radius 1 is 1.17 bits per heavy atom. The third-order valence-electron chi connectivity index (χ3n) is 5.10. The highest BCUT2D eigenvalue weighted by atomic mass is 32.2. The number of nitrogens with one attached hydrogen (secondary N) is 1. The monoisotopic (exact) mass is 461 g/mol. The predicted molar refractivity (Wildman–Crippen MR) is 121 cm³/mol. The van der Waals surface area contributed by atoms with Crippen molar-refractivity contribution in [1.82, 2.24) is 14.8 Å². The first-order valence-electron chi connectivity index (χ1n) is 9.88. The number of rotatable bonds is 8. The number of thioether (sulfide) groups is 1. The third-order valence-corrected chi connectivity index (χ3v) is 7.75. The molecular formula is C20H23N5O2S3. The number of thiophene rings is 2. The Kier molecular flexibility index (Phi) is 6.86. The maximum absolute atomic E-state index is 12.5. The lowest BCUT2D eigenvalue weighted by atomic mass is 9.95. The standard InChI is InChI=1S/C20H23N5O2S3/c21-18(27)15-8-10-29-19(15)22-17(26)12-30-20-24-23-16(11-14-7-4-9-28-14)25(20)13-5-2-1-3-6-13/h4,7-10,13H,1-3,5-6,11-12H2,(H2,21,27)(H,22,26). The van der Waals surface area contributed by atoms with Crippen molar-refractivity contribution in [2.75, 3.05) is 11.1 Å². The molecule has 0 spiro atoms. The second kappa shape index (κ2) is 9.76. The first-order valence-corrected chi connectivity index (χ1v) is 12.6. The molecule has 0 atom stereocenters. The van der Waals surface area contributed by atoms with Crippen LogP contribution in [0.1, 0.15) is 59.2 Å². The summed E-state index contributed by atoms with van der Waals surface area (Å²) in [5, 5.41) is 16.7. The van der Waals surface area contributed by atoms with E-state index < -0.39 is 5.91 Å². The summed E-state index contributed by atoms with van der Waals surface area (Å²) in [6, 6.07) is 6.16. The summed E-state index contributed by atoms with van der Waals surface area (Å²) in [6.45, 7) is 0. The number of aromatic nitrogens is 3. The number of carbonyl (C=O) groups is 2. The first kappa shape index (κ1) is 21.1. The van der Waals surface area contributed by atoms with Gasteiger partial charge in [0.2, 0.25) is 5.91 Å². The molecule has 30 heavy (non-hydrogen) atoms. The van der Waals surface area contributed by atoms with Gasteiger partial charge in [-0.05, 0) is 35.7 Å². The molecule has 158 valence electrons. The van der Waals surface area contributed by atoms with Crippen molar-refractivity contribution >= 4 is 51.3 Å². The van der Waals surface area contributed by atoms with Gasteiger partial charge in [0, 0.05) is 17.3 Å². The van der Waals surface area contributed by atoms with E-state index in [0.717, 1.165) is 30.2 Å². The van der Waals surface area contributed by atoms with Crippen LogP contribution in [0.3, 0.4) is 0 Å². The number of nitrogens with zero attached hydrogens (tertiary/aromatic N) is 3. The molecule has 0 aliphatic heterocycles. The highest BCUT2D eigenvalue weighted by Gasteiger charge is 2.24. The van der Waals surface area contributed by atoms with Gasteiger partial charge in [0.05, 0.1) is 11.3 Å². The van der Waals surface area contributed by atoms with Gasteiger partial charge in [-0.25, -0.2) is 0 Å².